The summed E-state index contributed by atoms with van der Waals surface area (Å²) in [7, 11) is 3.06. The van der Waals surface area contributed by atoms with Crippen molar-refractivity contribution in [3.05, 3.63) is 53.3 Å². The first-order valence-corrected chi connectivity index (χ1v) is 11.4. The average molecular weight is 490 g/mol. The van der Waals surface area contributed by atoms with E-state index in [9.17, 15) is 9.59 Å². The molecule has 0 saturated carbocycles. The highest BCUT2D eigenvalue weighted by molar-refractivity contribution is 7.99. The second kappa shape index (κ2) is 11.6. The summed E-state index contributed by atoms with van der Waals surface area (Å²) in [5.74, 6) is 1.19. The average Bonchev–Trinajstić information content (AvgIpc) is 3.19. The third-order valence-electron chi connectivity index (χ3n) is 4.58. The molecule has 0 saturated heterocycles. The number of halogens is 1. The van der Waals surface area contributed by atoms with E-state index in [0.29, 0.717) is 45.4 Å². The van der Waals surface area contributed by atoms with E-state index in [1.165, 1.54) is 18.9 Å². The van der Waals surface area contributed by atoms with Crippen LogP contribution < -0.4 is 20.1 Å². The van der Waals surface area contributed by atoms with Gasteiger partial charge >= 0.3 is 0 Å². The summed E-state index contributed by atoms with van der Waals surface area (Å²) < 4.78 is 12.3. The molecule has 0 aliphatic heterocycles. The maximum absolute atomic E-state index is 12.5. The fourth-order valence-electron chi connectivity index (χ4n) is 3.05. The number of anilines is 2. The number of amides is 2. The number of carbonyl (C=O) groups is 2. The third-order valence-corrected chi connectivity index (χ3v) is 5.78. The maximum atomic E-state index is 12.5. The number of rotatable bonds is 10. The number of hydrogen-bond donors (Lipinski definition) is 2. The van der Waals surface area contributed by atoms with Crippen LogP contribution in [0.5, 0.6) is 11.5 Å². The van der Waals surface area contributed by atoms with Crippen molar-refractivity contribution in [2.45, 2.75) is 25.0 Å². The molecule has 0 atom stereocenters. The van der Waals surface area contributed by atoms with Crippen molar-refractivity contribution in [1.82, 2.24) is 14.8 Å². The second-order valence-electron chi connectivity index (χ2n) is 6.75. The molecular formula is C22H24ClN5O4S. The lowest BCUT2D eigenvalue weighted by Gasteiger charge is -2.11. The fraction of sp³-hybridized carbons (Fsp3) is 0.273. The first-order chi connectivity index (χ1) is 15.9. The Labute approximate surface area is 200 Å². The molecule has 0 aliphatic rings. The number of ether oxygens (including phenoxy) is 2. The number of nitrogens with zero attached hydrogens (tertiary/aromatic N) is 3. The first kappa shape index (κ1) is 24.4. The van der Waals surface area contributed by atoms with Crippen LogP contribution >= 0.6 is 23.4 Å². The third kappa shape index (κ3) is 6.39. The monoisotopic (exact) mass is 489 g/mol. The van der Waals surface area contributed by atoms with Gasteiger partial charge in [0.15, 0.2) is 5.16 Å². The van der Waals surface area contributed by atoms with Crippen molar-refractivity contribution in [2.24, 2.45) is 0 Å². The van der Waals surface area contributed by atoms with Gasteiger partial charge in [-0.25, -0.2) is 0 Å². The Balaban J connectivity index is 1.61. The molecule has 2 N–H and O–H groups in total. The topological polar surface area (TPSA) is 107 Å². The molecule has 0 aliphatic carbocycles. The van der Waals surface area contributed by atoms with Crippen LogP contribution in [0.3, 0.4) is 0 Å². The van der Waals surface area contributed by atoms with Gasteiger partial charge in [-0.15, -0.1) is 10.2 Å². The summed E-state index contributed by atoms with van der Waals surface area (Å²) in [6.07, 6.45) is 0.0331. The number of carbonyl (C=O) groups excluding carboxylic acids is 2. The highest BCUT2D eigenvalue weighted by Gasteiger charge is 2.17. The van der Waals surface area contributed by atoms with Crippen LogP contribution in [0.25, 0.3) is 0 Å². The van der Waals surface area contributed by atoms with Gasteiger partial charge in [0.1, 0.15) is 17.3 Å². The predicted molar refractivity (Wildman–Crippen MR) is 128 cm³/mol. The lowest BCUT2D eigenvalue weighted by Crippen LogP contribution is -2.18. The molecular weight excluding hydrogens is 466 g/mol. The van der Waals surface area contributed by atoms with Crippen LogP contribution in [0.2, 0.25) is 5.02 Å². The van der Waals surface area contributed by atoms with Gasteiger partial charge in [-0.1, -0.05) is 35.5 Å². The number of nitrogens with one attached hydrogen (secondary N) is 2. The number of thioether (sulfide) groups is 1. The molecule has 0 spiro atoms. The minimum Gasteiger partial charge on any atom is -0.495 e. The van der Waals surface area contributed by atoms with Gasteiger partial charge in [-0.3, -0.25) is 9.59 Å². The SMILES string of the molecule is CCn1c(CC(=O)Nc2ccccc2OC)nnc1SCC(=O)Nc1cc(Cl)ccc1OC. The Kier molecular flexibility index (Phi) is 8.56. The molecule has 3 rings (SSSR count). The van der Waals surface area contributed by atoms with Gasteiger partial charge in [0.05, 0.1) is 37.8 Å². The smallest absolute Gasteiger partial charge is 0.234 e. The Morgan fingerprint density at radius 1 is 1.00 bits per heavy atom. The van der Waals surface area contributed by atoms with Crippen LogP contribution in [-0.2, 0) is 22.6 Å². The van der Waals surface area contributed by atoms with E-state index in [0.717, 1.165) is 0 Å². The van der Waals surface area contributed by atoms with Crippen LogP contribution in [0.15, 0.2) is 47.6 Å². The molecule has 2 amide bonds. The molecule has 9 nitrogen and oxygen atoms in total. The number of benzene rings is 2. The van der Waals surface area contributed by atoms with Crippen LogP contribution in [0.1, 0.15) is 12.7 Å². The Hall–Kier alpha value is -3.24. The number of para-hydroxylation sites is 2. The largest absolute Gasteiger partial charge is 0.495 e. The minimum absolute atomic E-state index is 0.0331. The van der Waals surface area contributed by atoms with Gasteiger partial charge in [0.2, 0.25) is 11.8 Å². The summed E-state index contributed by atoms with van der Waals surface area (Å²) in [5, 5.41) is 14.9. The lowest BCUT2D eigenvalue weighted by atomic mass is 10.2. The normalized spacial score (nSPS) is 10.5. The van der Waals surface area contributed by atoms with Crippen molar-refractivity contribution in [1.29, 1.82) is 0 Å². The van der Waals surface area contributed by atoms with Gasteiger partial charge < -0.3 is 24.7 Å². The highest BCUT2D eigenvalue weighted by Crippen LogP contribution is 2.28. The van der Waals surface area contributed by atoms with Crippen molar-refractivity contribution in [3.63, 3.8) is 0 Å². The van der Waals surface area contributed by atoms with Crippen molar-refractivity contribution in [3.8, 4) is 11.5 Å². The molecule has 11 heteroatoms. The van der Waals surface area contributed by atoms with E-state index < -0.39 is 0 Å². The fourth-order valence-corrected chi connectivity index (χ4v) is 4.05. The van der Waals surface area contributed by atoms with Crippen LogP contribution in [0.4, 0.5) is 11.4 Å². The number of aromatic nitrogens is 3. The molecule has 1 heterocycles. The van der Waals surface area contributed by atoms with E-state index in [-0.39, 0.29) is 24.0 Å². The zero-order chi connectivity index (χ0) is 23.8. The molecule has 0 bridgehead atoms. The van der Waals surface area contributed by atoms with Crippen molar-refractivity contribution >= 4 is 46.6 Å². The summed E-state index contributed by atoms with van der Waals surface area (Å²) >= 11 is 7.24. The number of methoxy groups -OCH3 is 2. The Morgan fingerprint density at radius 3 is 2.42 bits per heavy atom. The minimum atomic E-state index is -0.248. The Bertz CT molecular complexity index is 1140. The zero-order valence-corrected chi connectivity index (χ0v) is 20.0. The molecule has 2 aromatic carbocycles. The maximum Gasteiger partial charge on any atom is 0.234 e. The lowest BCUT2D eigenvalue weighted by molar-refractivity contribution is -0.116. The van der Waals surface area contributed by atoms with E-state index in [4.69, 9.17) is 21.1 Å². The highest BCUT2D eigenvalue weighted by atomic mass is 35.5. The molecule has 0 fully saturated rings. The van der Waals surface area contributed by atoms with Gasteiger partial charge in [-0.2, -0.15) is 0 Å². The predicted octanol–water partition coefficient (Wildman–Crippen LogP) is 3.88. The molecule has 1 aromatic heterocycles. The summed E-state index contributed by atoms with van der Waals surface area (Å²) in [6.45, 7) is 2.47. The molecule has 0 radical (unpaired) electrons. The molecule has 174 valence electrons. The number of hydrogen-bond acceptors (Lipinski definition) is 7. The standard InChI is InChI=1S/C22H24ClN5O4S/c1-4-28-19(12-20(29)24-15-7-5-6-8-17(15)31-2)26-27-22(28)33-13-21(30)25-16-11-14(23)9-10-18(16)32-3/h5-11H,4,12-13H2,1-3H3,(H,24,29)(H,25,30). The van der Waals surface area contributed by atoms with Gasteiger partial charge in [0.25, 0.3) is 0 Å². The van der Waals surface area contributed by atoms with Gasteiger partial charge in [-0.05, 0) is 37.3 Å². The quantitative estimate of drug-likeness (QED) is 0.416. The van der Waals surface area contributed by atoms with E-state index >= 15 is 0 Å². The Morgan fingerprint density at radius 2 is 1.70 bits per heavy atom. The summed E-state index contributed by atoms with van der Waals surface area (Å²) in [4.78, 5) is 25.0. The van der Waals surface area contributed by atoms with E-state index in [2.05, 4.69) is 20.8 Å². The first-order valence-electron chi connectivity index (χ1n) is 10.1. The zero-order valence-electron chi connectivity index (χ0n) is 18.4. The molecule has 0 unspecified atom stereocenters. The molecule has 33 heavy (non-hydrogen) atoms. The van der Waals surface area contributed by atoms with E-state index in [1.54, 1.807) is 42.0 Å². The summed E-state index contributed by atoms with van der Waals surface area (Å²) in [5.41, 5.74) is 1.07. The van der Waals surface area contributed by atoms with Crippen molar-refractivity contribution in [2.75, 3.05) is 30.6 Å². The van der Waals surface area contributed by atoms with Crippen LogP contribution in [0, 0.1) is 0 Å². The van der Waals surface area contributed by atoms with Gasteiger partial charge in [0, 0.05) is 11.6 Å². The van der Waals surface area contributed by atoms with Crippen LogP contribution in [-0.4, -0.2) is 46.6 Å². The van der Waals surface area contributed by atoms with Crippen molar-refractivity contribution < 1.29 is 19.1 Å². The second-order valence-corrected chi connectivity index (χ2v) is 8.13. The molecule has 3 aromatic rings. The summed E-state index contributed by atoms with van der Waals surface area (Å²) in [6, 6.07) is 12.1. The van der Waals surface area contributed by atoms with E-state index in [1.807, 2.05) is 19.1 Å².